The summed E-state index contributed by atoms with van der Waals surface area (Å²) in [6.45, 7) is 1.75. The van der Waals surface area contributed by atoms with Gasteiger partial charge >= 0.3 is 0 Å². The topological polar surface area (TPSA) is 6.48 Å². The highest BCUT2D eigenvalue weighted by molar-refractivity contribution is 6.20. The first-order valence-electron chi connectivity index (χ1n) is 19.5. The van der Waals surface area contributed by atoms with Crippen molar-refractivity contribution in [1.82, 2.24) is 0 Å². The third-order valence-electron chi connectivity index (χ3n) is 12.4. The van der Waals surface area contributed by atoms with Gasteiger partial charge in [-0.25, -0.2) is 8.78 Å². The van der Waals surface area contributed by atoms with Crippen molar-refractivity contribution in [1.29, 1.82) is 0 Å². The van der Waals surface area contributed by atoms with E-state index in [1.54, 1.807) is 24.3 Å². The third kappa shape index (κ3) is 4.77. The molecule has 8 aromatic rings. The molecule has 2 heterocycles. The van der Waals surface area contributed by atoms with E-state index in [9.17, 15) is 8.78 Å². The normalized spacial score (nSPS) is 15.5. The van der Waals surface area contributed by atoms with Crippen LogP contribution in [0.2, 0.25) is 0 Å². The zero-order valence-corrected chi connectivity index (χ0v) is 30.4. The van der Waals surface area contributed by atoms with Crippen LogP contribution in [0.5, 0.6) is 0 Å². The van der Waals surface area contributed by atoms with Crippen LogP contribution in [0.15, 0.2) is 158 Å². The van der Waals surface area contributed by atoms with Crippen molar-refractivity contribution in [3.05, 3.63) is 203 Å². The van der Waals surface area contributed by atoms with Gasteiger partial charge in [-0.1, -0.05) is 97.1 Å². The Labute approximate surface area is 319 Å². The van der Waals surface area contributed by atoms with Gasteiger partial charge in [0.2, 0.25) is 0 Å². The fourth-order valence-corrected chi connectivity index (χ4v) is 10.2. The molecule has 2 aliphatic heterocycles. The summed E-state index contributed by atoms with van der Waals surface area (Å²) in [7, 11) is 0. The Balaban J connectivity index is 1.23. The highest BCUT2D eigenvalue weighted by atomic mass is 19.1. The quantitative estimate of drug-likeness (QED) is 0.167. The number of hydrogen-bond donors (Lipinski definition) is 0. The van der Waals surface area contributed by atoms with Crippen LogP contribution < -0.4 is 9.80 Å². The monoisotopic (exact) mass is 716 g/mol. The van der Waals surface area contributed by atoms with E-state index in [1.807, 2.05) is 12.1 Å². The molecule has 3 aliphatic rings. The number of halogens is 2. The number of aryl methyl sites for hydroxylation is 2. The van der Waals surface area contributed by atoms with Crippen LogP contribution in [0.25, 0.3) is 32.7 Å². The Morgan fingerprint density at radius 1 is 0.455 bits per heavy atom. The van der Waals surface area contributed by atoms with E-state index in [0.717, 1.165) is 72.6 Å². The summed E-state index contributed by atoms with van der Waals surface area (Å²) in [5.74, 6) is -0.363. The van der Waals surface area contributed by atoms with E-state index in [1.165, 1.54) is 54.9 Å². The molecule has 0 saturated carbocycles. The van der Waals surface area contributed by atoms with Crippen molar-refractivity contribution in [3.8, 4) is 11.1 Å². The highest BCUT2D eigenvalue weighted by Crippen LogP contribution is 2.61. The molecule has 0 fully saturated rings. The lowest BCUT2D eigenvalue weighted by Crippen LogP contribution is -2.30. The molecule has 0 atom stereocenters. The molecular weight excluding hydrogens is 679 g/mol. The summed E-state index contributed by atoms with van der Waals surface area (Å²) in [4.78, 5) is 4.75. The zero-order valence-electron chi connectivity index (χ0n) is 30.4. The van der Waals surface area contributed by atoms with Gasteiger partial charge in [-0.05, 0) is 152 Å². The van der Waals surface area contributed by atoms with Gasteiger partial charge in [-0.3, -0.25) is 0 Å². The Morgan fingerprint density at radius 2 is 1.00 bits per heavy atom. The molecule has 55 heavy (non-hydrogen) atoms. The van der Waals surface area contributed by atoms with Crippen molar-refractivity contribution in [2.24, 2.45) is 0 Å². The molecule has 0 aromatic heterocycles. The molecule has 0 amide bonds. The van der Waals surface area contributed by atoms with Crippen LogP contribution in [-0.2, 0) is 18.3 Å². The molecule has 2 nitrogen and oxygen atoms in total. The summed E-state index contributed by atoms with van der Waals surface area (Å²) < 4.78 is 28.8. The van der Waals surface area contributed by atoms with Crippen molar-refractivity contribution in [2.45, 2.75) is 31.1 Å². The molecule has 0 N–H and O–H groups in total. The predicted molar refractivity (Wildman–Crippen MR) is 222 cm³/mol. The van der Waals surface area contributed by atoms with Crippen LogP contribution in [0.4, 0.5) is 31.5 Å². The smallest absolute Gasteiger partial charge is 0.123 e. The summed E-state index contributed by atoms with van der Waals surface area (Å²) in [6, 6.07) is 55.4. The van der Waals surface area contributed by atoms with Crippen LogP contribution in [0, 0.1) is 11.6 Å². The second-order valence-corrected chi connectivity index (χ2v) is 15.3. The van der Waals surface area contributed by atoms with Gasteiger partial charge in [0.25, 0.3) is 0 Å². The van der Waals surface area contributed by atoms with Gasteiger partial charge < -0.3 is 9.80 Å². The third-order valence-corrected chi connectivity index (χ3v) is 12.4. The maximum absolute atomic E-state index is 14.5. The average molecular weight is 717 g/mol. The van der Waals surface area contributed by atoms with E-state index in [-0.39, 0.29) is 11.6 Å². The van der Waals surface area contributed by atoms with Crippen molar-refractivity contribution < 1.29 is 8.78 Å². The second kappa shape index (κ2) is 12.4. The van der Waals surface area contributed by atoms with Gasteiger partial charge in [0.15, 0.2) is 0 Å². The first-order chi connectivity index (χ1) is 27.1. The molecule has 0 radical (unpaired) electrons. The Kier molecular flexibility index (Phi) is 7.25. The van der Waals surface area contributed by atoms with Gasteiger partial charge in [0.1, 0.15) is 11.6 Å². The lowest BCUT2D eigenvalue weighted by Gasteiger charge is -2.36. The van der Waals surface area contributed by atoms with Crippen molar-refractivity contribution >= 4 is 44.3 Å². The number of rotatable bonds is 4. The minimum Gasteiger partial charge on any atom is -0.341 e. The minimum atomic E-state index is -0.635. The Morgan fingerprint density at radius 3 is 1.62 bits per heavy atom. The first-order valence-corrected chi connectivity index (χ1v) is 19.5. The molecule has 0 unspecified atom stereocenters. The summed E-state index contributed by atoms with van der Waals surface area (Å²) in [5.41, 5.74) is 13.4. The standard InChI is InChI=1S/C51H38F2N2/c52-37-19-25-47-33(29-37)11-9-27-54(47)39-21-23-43-45(31-39)41-17-7-8-18-42(41)49-44-24-22-40(55-28-10-12-34-30-38(53)20-26-48(34)55)32-46(44)51(50(43)49,35-13-3-1-4-14-35)36-15-5-2-6-16-36/h1-8,13-26,29-32H,9-12,27-28H2. The lowest BCUT2D eigenvalue weighted by molar-refractivity contribution is 0.621. The van der Waals surface area contributed by atoms with Crippen LogP contribution in [0.3, 0.4) is 0 Å². The summed E-state index contributed by atoms with van der Waals surface area (Å²) >= 11 is 0. The van der Waals surface area contributed by atoms with E-state index in [2.05, 4.69) is 131 Å². The lowest BCUT2D eigenvalue weighted by atomic mass is 9.66. The average Bonchev–Trinajstić information content (AvgIpc) is 3.55. The van der Waals surface area contributed by atoms with Crippen LogP contribution >= 0.6 is 0 Å². The predicted octanol–water partition coefficient (Wildman–Crippen LogP) is 12.8. The number of benzene rings is 8. The molecule has 266 valence electrons. The Hall–Kier alpha value is -6.26. The Bertz CT molecular complexity index is 2770. The molecule has 1 aliphatic carbocycles. The maximum atomic E-state index is 14.5. The van der Waals surface area contributed by atoms with Gasteiger partial charge in [0, 0.05) is 35.8 Å². The molecular formula is C51H38F2N2. The fourth-order valence-electron chi connectivity index (χ4n) is 10.2. The maximum Gasteiger partial charge on any atom is 0.123 e. The molecule has 0 saturated heterocycles. The fraction of sp³-hybridized carbons (Fsp3) is 0.137. The van der Waals surface area contributed by atoms with Gasteiger partial charge in [-0.15, -0.1) is 0 Å². The summed E-state index contributed by atoms with van der Waals surface area (Å²) in [6.07, 6.45) is 3.69. The van der Waals surface area contributed by atoms with E-state index in [0.29, 0.717) is 0 Å². The van der Waals surface area contributed by atoms with Gasteiger partial charge in [0.05, 0.1) is 5.41 Å². The SMILES string of the molecule is Fc1ccc2c(c1)CCCN2c1ccc2c(c1)C(c1ccccc1)(c1ccccc1)c1c-2c2ccccc2c2cc(N3CCCc4cc(F)ccc43)ccc12. The molecule has 0 spiro atoms. The zero-order chi connectivity index (χ0) is 36.7. The molecule has 0 bridgehead atoms. The van der Waals surface area contributed by atoms with Crippen LogP contribution in [0.1, 0.15) is 46.2 Å². The molecule has 11 rings (SSSR count). The van der Waals surface area contributed by atoms with Crippen LogP contribution in [-0.4, -0.2) is 13.1 Å². The largest absolute Gasteiger partial charge is 0.341 e. The number of nitrogens with zero attached hydrogens (tertiary/aromatic N) is 2. The second-order valence-electron chi connectivity index (χ2n) is 15.3. The first kappa shape index (κ1) is 32.2. The van der Waals surface area contributed by atoms with Crippen molar-refractivity contribution in [2.75, 3.05) is 22.9 Å². The van der Waals surface area contributed by atoms with E-state index >= 15 is 0 Å². The number of hydrogen-bond acceptors (Lipinski definition) is 2. The van der Waals surface area contributed by atoms with E-state index in [4.69, 9.17) is 0 Å². The number of anilines is 4. The minimum absolute atomic E-state index is 0.181. The highest BCUT2D eigenvalue weighted by Gasteiger charge is 2.48. The number of fused-ring (bicyclic) bond motifs is 10. The van der Waals surface area contributed by atoms with E-state index < -0.39 is 5.41 Å². The molecule has 4 heteroatoms. The van der Waals surface area contributed by atoms with Crippen molar-refractivity contribution in [3.63, 3.8) is 0 Å². The van der Waals surface area contributed by atoms with Gasteiger partial charge in [-0.2, -0.15) is 0 Å². The molecule has 8 aromatic carbocycles. The summed E-state index contributed by atoms with van der Waals surface area (Å²) in [5, 5.41) is 4.87.